The first kappa shape index (κ1) is 15.9. The Kier molecular flexibility index (Phi) is 4.88. The molecule has 0 amide bonds. The van der Waals surface area contributed by atoms with E-state index in [0.717, 1.165) is 19.5 Å². The molecule has 2 aromatic rings. The molecule has 1 atom stereocenters. The summed E-state index contributed by atoms with van der Waals surface area (Å²) in [5, 5.41) is 10.8. The molecule has 1 unspecified atom stereocenters. The molecule has 1 saturated heterocycles. The van der Waals surface area contributed by atoms with E-state index in [-0.39, 0.29) is 12.4 Å². The molecule has 1 aliphatic heterocycles. The minimum absolute atomic E-state index is 0.170. The smallest absolute Gasteiger partial charge is 0.126 e. The van der Waals surface area contributed by atoms with Gasteiger partial charge in [-0.1, -0.05) is 6.07 Å². The zero-order valence-corrected chi connectivity index (χ0v) is 13.0. The average molecular weight is 316 g/mol. The SMILES string of the molecule is OC1(COc2cccc(F)c2)CCCN(Cc2ccncc2)C1. The van der Waals surface area contributed by atoms with Gasteiger partial charge in [-0.25, -0.2) is 4.39 Å². The van der Waals surface area contributed by atoms with E-state index >= 15 is 0 Å². The molecule has 5 heteroatoms. The molecule has 1 aliphatic rings. The monoisotopic (exact) mass is 316 g/mol. The van der Waals surface area contributed by atoms with Crippen molar-refractivity contribution >= 4 is 0 Å². The number of pyridine rings is 1. The number of ether oxygens (including phenoxy) is 1. The van der Waals surface area contributed by atoms with Gasteiger partial charge in [0, 0.05) is 31.5 Å². The van der Waals surface area contributed by atoms with Crippen molar-refractivity contribution < 1.29 is 14.2 Å². The summed E-state index contributed by atoms with van der Waals surface area (Å²) in [6.45, 7) is 2.45. The minimum Gasteiger partial charge on any atom is -0.490 e. The molecule has 0 bridgehead atoms. The Morgan fingerprint density at radius 2 is 2.09 bits per heavy atom. The van der Waals surface area contributed by atoms with E-state index in [1.54, 1.807) is 24.5 Å². The maximum atomic E-state index is 13.2. The van der Waals surface area contributed by atoms with Crippen molar-refractivity contribution in [3.8, 4) is 5.75 Å². The van der Waals surface area contributed by atoms with Crippen molar-refractivity contribution in [2.24, 2.45) is 0 Å². The lowest BCUT2D eigenvalue weighted by Gasteiger charge is -2.39. The lowest BCUT2D eigenvalue weighted by atomic mass is 9.93. The molecule has 3 rings (SSSR count). The van der Waals surface area contributed by atoms with Gasteiger partial charge in [-0.15, -0.1) is 0 Å². The molecular weight excluding hydrogens is 295 g/mol. The molecule has 0 saturated carbocycles. The molecular formula is C18H21FN2O2. The minimum atomic E-state index is -0.905. The molecule has 0 spiro atoms. The van der Waals surface area contributed by atoms with Crippen molar-refractivity contribution in [3.63, 3.8) is 0 Å². The van der Waals surface area contributed by atoms with Gasteiger partial charge in [-0.05, 0) is 49.2 Å². The van der Waals surface area contributed by atoms with E-state index in [0.29, 0.717) is 18.7 Å². The topological polar surface area (TPSA) is 45.6 Å². The second kappa shape index (κ2) is 7.06. The zero-order chi connectivity index (χ0) is 16.1. The number of benzene rings is 1. The molecule has 1 N–H and O–H groups in total. The highest BCUT2D eigenvalue weighted by Crippen LogP contribution is 2.24. The van der Waals surface area contributed by atoms with Gasteiger partial charge in [0.15, 0.2) is 0 Å². The maximum absolute atomic E-state index is 13.2. The molecule has 0 radical (unpaired) electrons. The third-order valence-electron chi connectivity index (χ3n) is 4.09. The Hall–Kier alpha value is -1.98. The van der Waals surface area contributed by atoms with E-state index in [1.165, 1.54) is 17.7 Å². The molecule has 1 aromatic heterocycles. The van der Waals surface area contributed by atoms with Gasteiger partial charge in [-0.3, -0.25) is 9.88 Å². The van der Waals surface area contributed by atoms with Crippen LogP contribution >= 0.6 is 0 Å². The number of rotatable bonds is 5. The number of aliphatic hydroxyl groups is 1. The number of likely N-dealkylation sites (tertiary alicyclic amines) is 1. The molecule has 23 heavy (non-hydrogen) atoms. The van der Waals surface area contributed by atoms with Crippen LogP contribution in [0.5, 0.6) is 5.75 Å². The molecule has 0 aliphatic carbocycles. The fourth-order valence-corrected chi connectivity index (χ4v) is 2.98. The maximum Gasteiger partial charge on any atom is 0.126 e. The molecule has 1 fully saturated rings. The summed E-state index contributed by atoms with van der Waals surface area (Å²) in [5.74, 6) is 0.113. The van der Waals surface area contributed by atoms with E-state index in [1.807, 2.05) is 12.1 Å². The van der Waals surface area contributed by atoms with Gasteiger partial charge >= 0.3 is 0 Å². The van der Waals surface area contributed by atoms with Crippen LogP contribution in [0.1, 0.15) is 18.4 Å². The van der Waals surface area contributed by atoms with Gasteiger partial charge in [0.05, 0.1) is 0 Å². The Morgan fingerprint density at radius 3 is 2.87 bits per heavy atom. The Bertz CT molecular complexity index is 638. The van der Waals surface area contributed by atoms with Crippen molar-refractivity contribution in [1.82, 2.24) is 9.88 Å². The summed E-state index contributed by atoms with van der Waals surface area (Å²) >= 11 is 0. The lowest BCUT2D eigenvalue weighted by Crippen LogP contribution is -2.51. The van der Waals surface area contributed by atoms with Crippen LogP contribution in [0.25, 0.3) is 0 Å². The number of halogens is 1. The third-order valence-corrected chi connectivity index (χ3v) is 4.09. The van der Waals surface area contributed by atoms with Gasteiger partial charge in [0.1, 0.15) is 23.8 Å². The van der Waals surface area contributed by atoms with E-state index < -0.39 is 5.60 Å². The van der Waals surface area contributed by atoms with Crippen LogP contribution < -0.4 is 4.74 Å². The summed E-state index contributed by atoms with van der Waals surface area (Å²) in [6, 6.07) is 9.97. The van der Waals surface area contributed by atoms with Crippen molar-refractivity contribution in [2.75, 3.05) is 19.7 Å². The van der Waals surface area contributed by atoms with Gasteiger partial charge in [-0.2, -0.15) is 0 Å². The normalized spacial score (nSPS) is 22.0. The second-order valence-corrected chi connectivity index (χ2v) is 6.14. The lowest BCUT2D eigenvalue weighted by molar-refractivity contribution is -0.0621. The number of hydrogen-bond acceptors (Lipinski definition) is 4. The molecule has 1 aromatic carbocycles. The molecule has 4 nitrogen and oxygen atoms in total. The average Bonchev–Trinajstić information content (AvgIpc) is 2.54. The van der Waals surface area contributed by atoms with Crippen molar-refractivity contribution in [2.45, 2.75) is 25.0 Å². The van der Waals surface area contributed by atoms with Crippen LogP contribution in [0.3, 0.4) is 0 Å². The summed E-state index contributed by atoms with van der Waals surface area (Å²) in [4.78, 5) is 6.23. The van der Waals surface area contributed by atoms with Crippen LogP contribution in [-0.4, -0.2) is 40.3 Å². The van der Waals surface area contributed by atoms with Crippen LogP contribution in [0.15, 0.2) is 48.8 Å². The molecule has 2 heterocycles. The van der Waals surface area contributed by atoms with Gasteiger partial charge < -0.3 is 9.84 Å². The number of piperidine rings is 1. The van der Waals surface area contributed by atoms with Crippen LogP contribution in [0, 0.1) is 5.82 Å². The Morgan fingerprint density at radius 1 is 1.26 bits per heavy atom. The fourth-order valence-electron chi connectivity index (χ4n) is 2.98. The first-order valence-electron chi connectivity index (χ1n) is 7.85. The van der Waals surface area contributed by atoms with E-state index in [4.69, 9.17) is 4.74 Å². The standard InChI is InChI=1S/C18H21FN2O2/c19-16-3-1-4-17(11-16)23-14-18(22)7-2-10-21(13-18)12-15-5-8-20-9-6-15/h1,3-6,8-9,11,22H,2,7,10,12-14H2. The van der Waals surface area contributed by atoms with Crippen molar-refractivity contribution in [3.05, 3.63) is 60.2 Å². The summed E-state index contributed by atoms with van der Waals surface area (Å²) in [5.41, 5.74) is 0.271. The highest BCUT2D eigenvalue weighted by molar-refractivity contribution is 5.22. The predicted octanol–water partition coefficient (Wildman–Crippen LogP) is 2.63. The summed E-state index contributed by atoms with van der Waals surface area (Å²) < 4.78 is 18.8. The second-order valence-electron chi connectivity index (χ2n) is 6.14. The van der Waals surface area contributed by atoms with E-state index in [9.17, 15) is 9.50 Å². The van der Waals surface area contributed by atoms with Gasteiger partial charge in [0.2, 0.25) is 0 Å². The largest absolute Gasteiger partial charge is 0.490 e. The fraction of sp³-hybridized carbons (Fsp3) is 0.389. The van der Waals surface area contributed by atoms with Gasteiger partial charge in [0.25, 0.3) is 0 Å². The number of β-amino-alcohol motifs (C(OH)–C–C–N with tert-alkyl or cyclic N) is 1. The number of aromatic nitrogens is 1. The Labute approximate surface area is 135 Å². The first-order valence-corrected chi connectivity index (χ1v) is 7.85. The third kappa shape index (κ3) is 4.50. The number of nitrogens with zero attached hydrogens (tertiary/aromatic N) is 2. The van der Waals surface area contributed by atoms with Crippen molar-refractivity contribution in [1.29, 1.82) is 0 Å². The summed E-state index contributed by atoms with van der Waals surface area (Å²) in [6.07, 6.45) is 5.15. The van der Waals surface area contributed by atoms with Crippen LogP contribution in [0.2, 0.25) is 0 Å². The highest BCUT2D eigenvalue weighted by atomic mass is 19.1. The zero-order valence-electron chi connectivity index (χ0n) is 13.0. The molecule has 122 valence electrons. The van der Waals surface area contributed by atoms with Crippen LogP contribution in [0.4, 0.5) is 4.39 Å². The summed E-state index contributed by atoms with van der Waals surface area (Å²) in [7, 11) is 0. The first-order chi connectivity index (χ1) is 11.1. The highest BCUT2D eigenvalue weighted by Gasteiger charge is 2.34. The Balaban J connectivity index is 1.58. The number of hydrogen-bond donors (Lipinski definition) is 1. The quantitative estimate of drug-likeness (QED) is 0.921. The van der Waals surface area contributed by atoms with Crippen LogP contribution in [-0.2, 0) is 6.54 Å². The predicted molar refractivity (Wildman–Crippen MR) is 85.6 cm³/mol. The van der Waals surface area contributed by atoms with E-state index in [2.05, 4.69) is 9.88 Å².